The molecule has 0 aliphatic carbocycles. The summed E-state index contributed by atoms with van der Waals surface area (Å²) in [4.78, 5) is 15.1. The quantitative estimate of drug-likeness (QED) is 0.753. The molecule has 0 spiro atoms. The number of carbonyl (C=O) groups excluding carboxylic acids is 1. The topological polar surface area (TPSA) is 64.6 Å². The number of urea groups is 1. The third-order valence-corrected chi connectivity index (χ3v) is 5.61. The molecule has 5 nitrogen and oxygen atoms in total. The lowest BCUT2D eigenvalue weighted by Gasteiger charge is -2.26. The lowest BCUT2D eigenvalue weighted by molar-refractivity contribution is 0.175. The minimum absolute atomic E-state index is 0.216. The zero-order valence-electron chi connectivity index (χ0n) is 13.8. The van der Waals surface area contributed by atoms with E-state index in [2.05, 4.69) is 15.5 Å². The lowest BCUT2D eigenvalue weighted by atomic mass is 10.1. The van der Waals surface area contributed by atoms with Gasteiger partial charge in [-0.25, -0.2) is 4.79 Å². The first-order chi connectivity index (χ1) is 11.7. The van der Waals surface area contributed by atoms with E-state index in [1.54, 1.807) is 11.3 Å². The molecular formula is C18H25N3O2S. The number of piperidine rings is 1. The number of likely N-dealkylation sites (tertiary alicyclic amines) is 1. The Hall–Kier alpha value is -1.63. The van der Waals surface area contributed by atoms with Crippen molar-refractivity contribution in [1.82, 2.24) is 15.5 Å². The molecule has 1 fully saturated rings. The predicted molar refractivity (Wildman–Crippen MR) is 98.5 cm³/mol. The molecule has 0 radical (unpaired) electrons. The van der Waals surface area contributed by atoms with Gasteiger partial charge in [-0.15, -0.1) is 11.3 Å². The van der Waals surface area contributed by atoms with Crippen LogP contribution in [0.25, 0.3) is 10.1 Å². The van der Waals surface area contributed by atoms with Crippen molar-refractivity contribution in [1.29, 1.82) is 0 Å². The summed E-state index contributed by atoms with van der Waals surface area (Å²) in [6.45, 7) is 4.03. The number of hydrogen-bond donors (Lipinski definition) is 3. The standard InChI is InChI=1S/C18H25N3O2S/c22-15(17-12-14-6-2-3-7-16(14)24-17)13-20-18(23)19-8-11-21-9-4-1-5-10-21/h2-3,6-7,12,15,22H,1,4-5,8-11,13H2,(H2,19,20,23). The Morgan fingerprint density at radius 3 is 2.79 bits per heavy atom. The van der Waals surface area contributed by atoms with E-state index in [1.807, 2.05) is 30.3 Å². The molecule has 1 saturated heterocycles. The molecule has 3 N–H and O–H groups in total. The van der Waals surface area contributed by atoms with E-state index in [-0.39, 0.29) is 12.6 Å². The summed E-state index contributed by atoms with van der Waals surface area (Å²) in [5, 5.41) is 17.0. The predicted octanol–water partition coefficient (Wildman–Crippen LogP) is 2.72. The molecule has 1 aromatic carbocycles. The molecule has 1 aliphatic heterocycles. The van der Waals surface area contributed by atoms with Crippen LogP contribution in [0.3, 0.4) is 0 Å². The fourth-order valence-corrected chi connectivity index (χ4v) is 4.08. The number of benzene rings is 1. The van der Waals surface area contributed by atoms with Crippen molar-refractivity contribution in [3.05, 3.63) is 35.2 Å². The Bertz CT molecular complexity index is 634. The van der Waals surface area contributed by atoms with Crippen molar-refractivity contribution < 1.29 is 9.90 Å². The van der Waals surface area contributed by atoms with Crippen LogP contribution in [0.4, 0.5) is 4.79 Å². The van der Waals surface area contributed by atoms with Crippen LogP contribution < -0.4 is 10.6 Å². The molecular weight excluding hydrogens is 322 g/mol. The third kappa shape index (κ3) is 4.69. The molecule has 6 heteroatoms. The molecule has 24 heavy (non-hydrogen) atoms. The van der Waals surface area contributed by atoms with E-state index in [0.29, 0.717) is 6.54 Å². The van der Waals surface area contributed by atoms with Gasteiger partial charge in [-0.05, 0) is 43.5 Å². The van der Waals surface area contributed by atoms with Gasteiger partial charge in [0.1, 0.15) is 6.10 Å². The summed E-state index contributed by atoms with van der Waals surface area (Å²) in [5.41, 5.74) is 0. The Balaban J connectivity index is 1.38. The van der Waals surface area contributed by atoms with Gasteiger partial charge < -0.3 is 20.6 Å². The van der Waals surface area contributed by atoms with Gasteiger partial charge in [-0.3, -0.25) is 0 Å². The second-order valence-corrected chi connectivity index (χ2v) is 7.36. The highest BCUT2D eigenvalue weighted by Gasteiger charge is 2.13. The Morgan fingerprint density at radius 1 is 1.21 bits per heavy atom. The maximum absolute atomic E-state index is 11.8. The minimum Gasteiger partial charge on any atom is -0.386 e. The van der Waals surface area contributed by atoms with Gasteiger partial charge in [0.25, 0.3) is 0 Å². The molecule has 1 aliphatic rings. The molecule has 2 aromatic rings. The number of aliphatic hydroxyl groups is 1. The summed E-state index contributed by atoms with van der Waals surface area (Å²) in [5.74, 6) is 0. The summed E-state index contributed by atoms with van der Waals surface area (Å²) in [6, 6.07) is 9.81. The van der Waals surface area contributed by atoms with E-state index in [9.17, 15) is 9.90 Å². The van der Waals surface area contributed by atoms with Gasteiger partial charge in [0.2, 0.25) is 0 Å². The van der Waals surface area contributed by atoms with Gasteiger partial charge in [0.05, 0.1) is 6.54 Å². The van der Waals surface area contributed by atoms with Crippen LogP contribution in [-0.2, 0) is 0 Å². The molecule has 3 rings (SSSR count). The SMILES string of the molecule is O=C(NCCN1CCCCC1)NCC(O)c1cc2ccccc2s1. The maximum atomic E-state index is 11.8. The highest BCUT2D eigenvalue weighted by molar-refractivity contribution is 7.19. The van der Waals surface area contributed by atoms with Crippen molar-refractivity contribution in [2.45, 2.75) is 25.4 Å². The third-order valence-electron chi connectivity index (χ3n) is 4.39. The molecule has 1 unspecified atom stereocenters. The van der Waals surface area contributed by atoms with Crippen molar-refractivity contribution in [2.24, 2.45) is 0 Å². The minimum atomic E-state index is -0.671. The Labute approximate surface area is 146 Å². The molecule has 0 saturated carbocycles. The van der Waals surface area contributed by atoms with Crippen molar-refractivity contribution in [2.75, 3.05) is 32.7 Å². The Kier molecular flexibility index (Phi) is 6.07. The largest absolute Gasteiger partial charge is 0.386 e. The van der Waals surface area contributed by atoms with Crippen LogP contribution in [0, 0.1) is 0 Å². The summed E-state index contributed by atoms with van der Waals surface area (Å²) >= 11 is 1.57. The average molecular weight is 347 g/mol. The van der Waals surface area contributed by atoms with E-state index >= 15 is 0 Å². The lowest BCUT2D eigenvalue weighted by Crippen LogP contribution is -2.42. The monoisotopic (exact) mass is 347 g/mol. The second kappa shape index (κ2) is 8.46. The molecule has 130 valence electrons. The Morgan fingerprint density at radius 2 is 2.00 bits per heavy atom. The van der Waals surface area contributed by atoms with E-state index < -0.39 is 6.10 Å². The number of fused-ring (bicyclic) bond motifs is 1. The van der Waals surface area contributed by atoms with Gasteiger partial charge in [0.15, 0.2) is 0 Å². The molecule has 2 amide bonds. The highest BCUT2D eigenvalue weighted by atomic mass is 32.1. The van der Waals surface area contributed by atoms with Crippen molar-refractivity contribution in [3.8, 4) is 0 Å². The fraction of sp³-hybridized carbons (Fsp3) is 0.500. The first-order valence-electron chi connectivity index (χ1n) is 8.63. The second-order valence-electron chi connectivity index (χ2n) is 6.24. The molecule has 2 heterocycles. The molecule has 0 bridgehead atoms. The molecule has 1 atom stereocenters. The fourth-order valence-electron chi connectivity index (χ4n) is 3.03. The first-order valence-corrected chi connectivity index (χ1v) is 9.44. The number of thiophene rings is 1. The highest BCUT2D eigenvalue weighted by Crippen LogP contribution is 2.29. The molecule has 1 aromatic heterocycles. The number of nitrogens with one attached hydrogen (secondary N) is 2. The van der Waals surface area contributed by atoms with Crippen LogP contribution in [0.1, 0.15) is 30.2 Å². The zero-order chi connectivity index (χ0) is 16.8. The smallest absolute Gasteiger partial charge is 0.314 e. The zero-order valence-corrected chi connectivity index (χ0v) is 14.6. The van der Waals surface area contributed by atoms with Crippen molar-refractivity contribution in [3.63, 3.8) is 0 Å². The number of nitrogens with zero attached hydrogens (tertiary/aromatic N) is 1. The summed E-state index contributed by atoms with van der Waals surface area (Å²) in [6.07, 6.45) is 3.16. The van der Waals surface area contributed by atoms with Crippen LogP contribution in [0.5, 0.6) is 0 Å². The van der Waals surface area contributed by atoms with E-state index in [0.717, 1.165) is 34.6 Å². The van der Waals surface area contributed by atoms with Crippen LogP contribution >= 0.6 is 11.3 Å². The van der Waals surface area contributed by atoms with Crippen molar-refractivity contribution >= 4 is 27.5 Å². The first kappa shape index (κ1) is 17.2. The average Bonchev–Trinajstić information content (AvgIpc) is 3.05. The number of hydrogen-bond acceptors (Lipinski definition) is 4. The van der Waals surface area contributed by atoms with Crippen LogP contribution in [-0.4, -0.2) is 48.8 Å². The number of amides is 2. The van der Waals surface area contributed by atoms with E-state index in [4.69, 9.17) is 0 Å². The number of aliphatic hydroxyl groups excluding tert-OH is 1. The maximum Gasteiger partial charge on any atom is 0.314 e. The van der Waals surface area contributed by atoms with Gasteiger partial charge >= 0.3 is 6.03 Å². The van der Waals surface area contributed by atoms with Gasteiger partial charge in [-0.2, -0.15) is 0 Å². The van der Waals surface area contributed by atoms with Gasteiger partial charge in [0, 0.05) is 22.7 Å². The summed E-state index contributed by atoms with van der Waals surface area (Å²) in [7, 11) is 0. The number of carbonyl (C=O) groups is 1. The van der Waals surface area contributed by atoms with Crippen LogP contribution in [0.15, 0.2) is 30.3 Å². The van der Waals surface area contributed by atoms with E-state index in [1.165, 1.54) is 19.3 Å². The number of rotatable bonds is 6. The van der Waals surface area contributed by atoms with Crippen LogP contribution in [0.2, 0.25) is 0 Å². The normalized spacial score (nSPS) is 16.9. The summed E-state index contributed by atoms with van der Waals surface area (Å²) < 4.78 is 1.15. The van der Waals surface area contributed by atoms with Gasteiger partial charge in [-0.1, -0.05) is 24.6 Å².